The van der Waals surface area contributed by atoms with Crippen LogP contribution in [0.15, 0.2) is 188 Å². The molecule has 0 unspecified atom stereocenters. The van der Waals surface area contributed by atoms with Crippen molar-refractivity contribution in [1.29, 1.82) is 0 Å². The van der Waals surface area contributed by atoms with Gasteiger partial charge in [0, 0.05) is 13.7 Å². The van der Waals surface area contributed by atoms with E-state index < -0.39 is 14.1 Å². The zero-order chi connectivity index (χ0) is 29.0. The molecule has 0 nitrogen and oxygen atoms in total. The molecule has 1 aliphatic carbocycles. The monoisotopic (exact) mass is 603 g/mol. The topological polar surface area (TPSA) is 0 Å². The second-order valence-corrected chi connectivity index (χ2v) is 19.6. The van der Waals surface area contributed by atoms with Gasteiger partial charge in [-0.05, 0) is 77.8 Å². The Morgan fingerprint density at radius 2 is 0.837 bits per heavy atom. The maximum Gasteiger partial charge on any atom is 0.145 e. The van der Waals surface area contributed by atoms with Crippen LogP contribution in [-0.4, -0.2) is 23.9 Å². The Hall–Kier alpha value is -3.99. The molecule has 0 saturated heterocycles. The molecule has 5 aromatic rings. The summed E-state index contributed by atoms with van der Waals surface area (Å²) in [6.45, 7) is -2.12. The summed E-state index contributed by atoms with van der Waals surface area (Å²) in [6, 6.07) is 56.4. The smallest absolute Gasteiger partial charge is 0.0801 e. The van der Waals surface area contributed by atoms with Crippen LogP contribution in [0.3, 0.4) is 0 Å². The van der Waals surface area contributed by atoms with Crippen molar-refractivity contribution in [1.82, 2.24) is 0 Å². The lowest BCUT2D eigenvalue weighted by Gasteiger charge is -2.31. The fourth-order valence-corrected chi connectivity index (χ4v) is 19.5. The third kappa shape index (κ3) is 4.83. The fraction of sp³-hybridized carbons (Fsp3) is 0.0250. The molecule has 0 bridgehead atoms. The van der Waals surface area contributed by atoms with E-state index in [2.05, 4.69) is 188 Å². The van der Waals surface area contributed by atoms with Crippen molar-refractivity contribution in [3.8, 4) is 0 Å². The molecule has 1 aliphatic heterocycles. The van der Waals surface area contributed by atoms with Crippen molar-refractivity contribution in [2.45, 2.75) is 6.42 Å². The molecular weight excluding hydrogens is 570 g/mol. The first-order chi connectivity index (χ1) is 21.3. The van der Waals surface area contributed by atoms with E-state index in [1.165, 1.54) is 31.8 Å². The largest absolute Gasteiger partial charge is 0.145 e. The van der Waals surface area contributed by atoms with Crippen LogP contribution in [0.4, 0.5) is 0 Å². The average molecular weight is 604 g/mol. The highest BCUT2D eigenvalue weighted by Crippen LogP contribution is 2.58. The van der Waals surface area contributed by atoms with Gasteiger partial charge in [0.05, 0.1) is 0 Å². The molecule has 5 aromatic carbocycles. The molecule has 43 heavy (non-hydrogen) atoms. The van der Waals surface area contributed by atoms with Gasteiger partial charge in [-0.1, -0.05) is 140 Å². The summed E-state index contributed by atoms with van der Waals surface area (Å²) in [7, 11) is -1.56. The molecule has 0 fully saturated rings. The molecule has 0 radical (unpaired) electrons. The van der Waals surface area contributed by atoms with E-state index in [0.29, 0.717) is 8.74 Å². The van der Waals surface area contributed by atoms with Gasteiger partial charge >= 0.3 is 0 Å². The summed E-state index contributed by atoms with van der Waals surface area (Å²) in [5.41, 5.74) is 0. The lowest BCUT2D eigenvalue weighted by molar-refractivity contribution is 1.39. The van der Waals surface area contributed by atoms with Gasteiger partial charge in [-0.15, -0.1) is 0 Å². The third-order valence-corrected chi connectivity index (χ3v) is 20.0. The lowest BCUT2D eigenvalue weighted by Crippen LogP contribution is -2.36. The predicted octanol–water partition coefficient (Wildman–Crippen LogP) is 6.87. The molecule has 0 saturated carbocycles. The van der Waals surface area contributed by atoms with Crippen LogP contribution in [0.25, 0.3) is 0 Å². The van der Waals surface area contributed by atoms with Gasteiger partial charge in [-0.2, -0.15) is 0 Å². The first-order valence-corrected chi connectivity index (χ1v) is 19.4. The Morgan fingerprint density at radius 1 is 0.442 bits per heavy atom. The molecule has 0 aromatic heterocycles. The lowest BCUT2D eigenvalue weighted by atomic mass is 10.2. The van der Waals surface area contributed by atoms with Gasteiger partial charge in [0.1, 0.15) is 28.1 Å². The summed E-state index contributed by atoms with van der Waals surface area (Å²) >= 11 is 0. The number of hydrogen-bond donors (Lipinski definition) is 0. The maximum atomic E-state index is 2.51. The van der Waals surface area contributed by atoms with Gasteiger partial charge in [-0.25, -0.2) is 0 Å². The molecule has 206 valence electrons. The van der Waals surface area contributed by atoms with Crippen LogP contribution in [0.2, 0.25) is 0 Å². The molecule has 1 heterocycles. The standard InChI is InChI=1S/C40H33P2Si/c1-7-19-33(20-8-1)41(34-21-9-2-10-22-34,35-23-11-3-12-24-35)39-31-32-40(43-39)42(36-25-13-4-14-26-36,37-27-15-5-16-28-37)38-29-17-6-18-30-38/h1-5,7-32H,6H2/q+1. The molecule has 0 spiro atoms. The van der Waals surface area contributed by atoms with Crippen LogP contribution in [0.1, 0.15) is 6.42 Å². The average Bonchev–Trinajstić information content (AvgIpc) is 3.59. The van der Waals surface area contributed by atoms with Crippen LogP contribution in [0.5, 0.6) is 0 Å². The fourth-order valence-electron chi connectivity index (χ4n) is 6.49. The van der Waals surface area contributed by atoms with E-state index >= 15 is 0 Å². The number of benzene rings is 5. The zero-order valence-electron chi connectivity index (χ0n) is 24.0. The molecule has 0 amide bonds. The molecule has 0 N–H and O–H groups in total. The summed E-state index contributed by atoms with van der Waals surface area (Å²) in [4.78, 5) is 3.10. The minimum atomic E-state index is -2.14. The SMILES string of the molecule is C1=CC(=P(C2=[Si]=C([P+](c3ccccc3)(c3ccccc3)c3ccccc3)C=C2)(c2ccccc2)c2ccccc2)C=CC1. The van der Waals surface area contributed by atoms with E-state index in [-0.39, 0.29) is 0 Å². The van der Waals surface area contributed by atoms with Crippen LogP contribution in [0, 0.1) is 0 Å². The summed E-state index contributed by atoms with van der Waals surface area (Å²) in [6.07, 6.45) is 15.5. The summed E-state index contributed by atoms with van der Waals surface area (Å²) in [5, 5.41) is 8.51. The Morgan fingerprint density at radius 3 is 1.26 bits per heavy atom. The van der Waals surface area contributed by atoms with Crippen molar-refractivity contribution < 1.29 is 0 Å². The number of hydrogen-bond acceptors (Lipinski definition) is 0. The summed E-state index contributed by atoms with van der Waals surface area (Å²) in [5.74, 6) is 0. The zero-order valence-corrected chi connectivity index (χ0v) is 26.8. The molecule has 2 aliphatic rings. The van der Waals surface area contributed by atoms with E-state index in [1.54, 1.807) is 9.82 Å². The van der Waals surface area contributed by atoms with Crippen LogP contribution >= 0.6 is 14.1 Å². The van der Waals surface area contributed by atoms with Crippen molar-refractivity contribution in [2.24, 2.45) is 0 Å². The second kappa shape index (κ2) is 12.3. The molecule has 7 rings (SSSR count). The highest BCUT2D eigenvalue weighted by atomic mass is 31.2. The normalized spacial score (nSPS) is 14.5. The minimum Gasteiger partial charge on any atom is -0.0801 e. The first-order valence-electron chi connectivity index (χ1n) is 14.8. The van der Waals surface area contributed by atoms with Gasteiger partial charge in [0.2, 0.25) is 0 Å². The predicted molar refractivity (Wildman–Crippen MR) is 197 cm³/mol. The number of rotatable bonds is 7. The maximum absolute atomic E-state index is 2.51. The van der Waals surface area contributed by atoms with E-state index in [4.69, 9.17) is 0 Å². The van der Waals surface area contributed by atoms with Crippen molar-refractivity contribution in [2.75, 3.05) is 0 Å². The molecule has 0 atom stereocenters. The van der Waals surface area contributed by atoms with Crippen molar-refractivity contribution >= 4 is 64.5 Å². The highest BCUT2D eigenvalue weighted by molar-refractivity contribution is 8.11. The summed E-state index contributed by atoms with van der Waals surface area (Å²) < 4.78 is 0. The highest BCUT2D eigenvalue weighted by Gasteiger charge is 2.49. The first kappa shape index (κ1) is 27.8. The Balaban J connectivity index is 1.65. The Kier molecular flexibility index (Phi) is 7.97. The molecular formula is C40H33P2Si+. The van der Waals surface area contributed by atoms with Crippen molar-refractivity contribution in [3.05, 3.63) is 188 Å². The molecule has 3 heteroatoms. The quantitative estimate of drug-likeness (QED) is 0.141. The van der Waals surface area contributed by atoms with E-state index in [9.17, 15) is 0 Å². The van der Waals surface area contributed by atoms with E-state index in [0.717, 1.165) is 6.42 Å². The van der Waals surface area contributed by atoms with E-state index in [1.807, 2.05) is 0 Å². The van der Waals surface area contributed by atoms with Gasteiger partial charge in [-0.3, -0.25) is 0 Å². The van der Waals surface area contributed by atoms with Gasteiger partial charge in [0.25, 0.3) is 0 Å². The minimum absolute atomic E-state index is 0.578. The van der Waals surface area contributed by atoms with Gasteiger partial charge < -0.3 is 0 Å². The Labute approximate surface area is 258 Å². The number of allylic oxidation sites excluding steroid dienone is 6. The van der Waals surface area contributed by atoms with Crippen LogP contribution in [-0.2, 0) is 0 Å². The van der Waals surface area contributed by atoms with Crippen LogP contribution < -0.4 is 26.5 Å². The Bertz CT molecular complexity index is 1790. The third-order valence-electron chi connectivity index (χ3n) is 8.33. The van der Waals surface area contributed by atoms with Crippen molar-refractivity contribution in [3.63, 3.8) is 0 Å². The van der Waals surface area contributed by atoms with Gasteiger partial charge in [0.15, 0.2) is 0 Å². The second-order valence-electron chi connectivity index (χ2n) is 10.7.